The summed E-state index contributed by atoms with van der Waals surface area (Å²) in [7, 11) is 0. The lowest BCUT2D eigenvalue weighted by molar-refractivity contribution is 0.0947. The van der Waals surface area contributed by atoms with E-state index < -0.39 is 0 Å². The first kappa shape index (κ1) is 23.2. The summed E-state index contributed by atoms with van der Waals surface area (Å²) >= 11 is 0. The quantitative estimate of drug-likeness (QED) is 0.483. The molecule has 0 radical (unpaired) electrons. The first-order chi connectivity index (χ1) is 17.2. The molecule has 2 aliphatic rings. The summed E-state index contributed by atoms with van der Waals surface area (Å²) in [5.41, 5.74) is 1.85. The van der Waals surface area contributed by atoms with Gasteiger partial charge in [-0.25, -0.2) is 0 Å². The fraction of sp³-hybridized carbons (Fsp3) is 0.345. The highest BCUT2D eigenvalue weighted by Crippen LogP contribution is 2.35. The number of hydrogen-bond acceptors (Lipinski definition) is 5. The first-order valence-electron chi connectivity index (χ1n) is 12.5. The summed E-state index contributed by atoms with van der Waals surface area (Å²) in [6, 6.07) is 23.1. The lowest BCUT2D eigenvalue weighted by Crippen LogP contribution is -2.35. The number of nitrogens with one attached hydrogen (secondary N) is 1. The summed E-state index contributed by atoms with van der Waals surface area (Å²) in [4.78, 5) is 15.0. The minimum absolute atomic E-state index is 0.0373. The van der Waals surface area contributed by atoms with Crippen LogP contribution in [0.4, 0.5) is 0 Å². The lowest BCUT2D eigenvalue weighted by Gasteiger charge is -2.33. The molecule has 1 saturated heterocycles. The van der Waals surface area contributed by atoms with Gasteiger partial charge < -0.3 is 19.5 Å². The highest BCUT2D eigenvalue weighted by molar-refractivity contribution is 5.94. The topological polar surface area (TPSA) is 60.0 Å². The maximum Gasteiger partial charge on any atom is 0.251 e. The number of amides is 1. The second-order valence-electron chi connectivity index (χ2n) is 9.14. The molecule has 0 aromatic heterocycles. The number of nitrogens with zero attached hydrogens (tertiary/aromatic N) is 1. The number of likely N-dealkylation sites (tertiary alicyclic amines) is 1. The summed E-state index contributed by atoms with van der Waals surface area (Å²) in [5.74, 6) is 3.86. The van der Waals surface area contributed by atoms with E-state index in [1.807, 2.05) is 66.7 Å². The third-order valence-corrected chi connectivity index (χ3v) is 6.68. The highest BCUT2D eigenvalue weighted by Gasteiger charge is 2.22. The van der Waals surface area contributed by atoms with Gasteiger partial charge in [-0.3, -0.25) is 9.69 Å². The molecule has 3 aromatic carbocycles. The molecule has 182 valence electrons. The maximum atomic E-state index is 12.5. The van der Waals surface area contributed by atoms with Gasteiger partial charge in [0, 0.05) is 24.2 Å². The summed E-state index contributed by atoms with van der Waals surface area (Å²) < 4.78 is 17.4. The van der Waals surface area contributed by atoms with Crippen molar-refractivity contribution >= 4 is 5.91 Å². The molecule has 3 aromatic rings. The van der Waals surface area contributed by atoms with Crippen LogP contribution in [-0.4, -0.2) is 43.7 Å². The third kappa shape index (κ3) is 6.14. The van der Waals surface area contributed by atoms with E-state index in [1.54, 1.807) is 0 Å². The normalized spacial score (nSPS) is 16.0. The maximum absolute atomic E-state index is 12.5. The van der Waals surface area contributed by atoms with E-state index >= 15 is 0 Å². The van der Waals surface area contributed by atoms with Crippen LogP contribution in [0.25, 0.3) is 0 Å². The molecule has 0 unspecified atom stereocenters. The summed E-state index contributed by atoms with van der Waals surface area (Å²) in [5, 5.41) is 3.08. The SMILES string of the molecule is O=C(NCCC1CCN(Cc2cccc3c2OCCO3)CC1)c1ccc(Oc2ccccc2)cc1. The van der Waals surface area contributed by atoms with Gasteiger partial charge >= 0.3 is 0 Å². The third-order valence-electron chi connectivity index (χ3n) is 6.68. The molecule has 0 spiro atoms. The van der Waals surface area contributed by atoms with Gasteiger partial charge in [-0.05, 0) is 80.7 Å². The average molecular weight is 473 g/mol. The van der Waals surface area contributed by atoms with Crippen LogP contribution < -0.4 is 19.5 Å². The average Bonchev–Trinajstić information content (AvgIpc) is 2.91. The molecule has 0 saturated carbocycles. The van der Waals surface area contributed by atoms with Crippen molar-refractivity contribution in [2.24, 2.45) is 5.92 Å². The number of carbonyl (C=O) groups is 1. The van der Waals surface area contributed by atoms with E-state index in [9.17, 15) is 4.79 Å². The van der Waals surface area contributed by atoms with Gasteiger partial charge in [-0.1, -0.05) is 30.3 Å². The number of hydrogen-bond donors (Lipinski definition) is 1. The van der Waals surface area contributed by atoms with Crippen LogP contribution >= 0.6 is 0 Å². The van der Waals surface area contributed by atoms with Gasteiger partial charge in [0.25, 0.3) is 5.91 Å². The molecular formula is C29H32N2O4. The van der Waals surface area contributed by atoms with Crippen LogP contribution in [0.15, 0.2) is 72.8 Å². The van der Waals surface area contributed by atoms with Crippen molar-refractivity contribution in [3.05, 3.63) is 83.9 Å². The van der Waals surface area contributed by atoms with E-state index in [2.05, 4.69) is 16.3 Å². The molecule has 1 fully saturated rings. The van der Waals surface area contributed by atoms with Gasteiger partial charge in [-0.15, -0.1) is 0 Å². The Morgan fingerprint density at radius 1 is 0.886 bits per heavy atom. The van der Waals surface area contributed by atoms with Crippen molar-refractivity contribution in [1.82, 2.24) is 10.2 Å². The van der Waals surface area contributed by atoms with Crippen molar-refractivity contribution < 1.29 is 19.0 Å². The summed E-state index contributed by atoms with van der Waals surface area (Å²) in [6.07, 6.45) is 3.30. The van der Waals surface area contributed by atoms with Crippen LogP contribution in [0.2, 0.25) is 0 Å². The van der Waals surface area contributed by atoms with E-state index in [4.69, 9.17) is 14.2 Å². The number of piperidine rings is 1. The zero-order valence-corrected chi connectivity index (χ0v) is 19.9. The fourth-order valence-corrected chi connectivity index (χ4v) is 4.72. The number of ether oxygens (including phenoxy) is 3. The van der Waals surface area contributed by atoms with Crippen LogP contribution in [-0.2, 0) is 6.54 Å². The van der Waals surface area contributed by atoms with Crippen molar-refractivity contribution in [3.63, 3.8) is 0 Å². The largest absolute Gasteiger partial charge is 0.486 e. The highest BCUT2D eigenvalue weighted by atomic mass is 16.6. The fourth-order valence-electron chi connectivity index (χ4n) is 4.72. The number of para-hydroxylation sites is 2. The molecule has 6 heteroatoms. The first-order valence-corrected chi connectivity index (χ1v) is 12.5. The van der Waals surface area contributed by atoms with Crippen molar-refractivity contribution in [1.29, 1.82) is 0 Å². The molecule has 0 bridgehead atoms. The van der Waals surface area contributed by atoms with Gasteiger partial charge in [0.05, 0.1) is 0 Å². The van der Waals surface area contributed by atoms with Crippen LogP contribution in [0.1, 0.15) is 35.2 Å². The minimum atomic E-state index is -0.0373. The smallest absolute Gasteiger partial charge is 0.251 e. The van der Waals surface area contributed by atoms with Crippen LogP contribution in [0.3, 0.4) is 0 Å². The minimum Gasteiger partial charge on any atom is -0.486 e. The Morgan fingerprint density at radius 3 is 2.43 bits per heavy atom. The summed E-state index contributed by atoms with van der Waals surface area (Å²) in [6.45, 7) is 4.94. The van der Waals surface area contributed by atoms with Crippen molar-refractivity contribution in [2.75, 3.05) is 32.8 Å². The Hall–Kier alpha value is -3.51. The molecule has 2 heterocycles. The molecule has 1 amide bonds. The number of carbonyl (C=O) groups excluding carboxylic acids is 1. The zero-order chi connectivity index (χ0) is 23.9. The Labute approximate surface area is 206 Å². The van der Waals surface area contributed by atoms with E-state index in [1.165, 1.54) is 5.56 Å². The van der Waals surface area contributed by atoms with Crippen LogP contribution in [0.5, 0.6) is 23.0 Å². The molecule has 5 rings (SSSR count). The predicted molar refractivity (Wildman–Crippen MR) is 135 cm³/mol. The molecular weight excluding hydrogens is 440 g/mol. The van der Waals surface area contributed by atoms with Gasteiger partial charge in [-0.2, -0.15) is 0 Å². The Morgan fingerprint density at radius 2 is 1.63 bits per heavy atom. The monoisotopic (exact) mass is 472 g/mol. The second kappa shape index (κ2) is 11.3. The number of benzene rings is 3. The molecule has 6 nitrogen and oxygen atoms in total. The Kier molecular flexibility index (Phi) is 7.49. The van der Waals surface area contributed by atoms with E-state index in [-0.39, 0.29) is 5.91 Å². The van der Waals surface area contributed by atoms with Crippen LogP contribution in [0, 0.1) is 5.92 Å². The molecule has 0 atom stereocenters. The number of rotatable bonds is 8. The molecule has 2 aliphatic heterocycles. The zero-order valence-electron chi connectivity index (χ0n) is 19.9. The second-order valence-corrected chi connectivity index (χ2v) is 9.14. The van der Waals surface area contributed by atoms with Gasteiger partial charge in [0.15, 0.2) is 11.5 Å². The molecule has 35 heavy (non-hydrogen) atoms. The molecule has 0 aliphatic carbocycles. The van der Waals surface area contributed by atoms with E-state index in [0.717, 1.165) is 61.9 Å². The van der Waals surface area contributed by atoms with Gasteiger partial charge in [0.1, 0.15) is 24.7 Å². The van der Waals surface area contributed by atoms with Gasteiger partial charge in [0.2, 0.25) is 0 Å². The predicted octanol–water partition coefficient (Wildman–Crippen LogP) is 5.28. The number of fused-ring (bicyclic) bond motifs is 1. The Balaban J connectivity index is 1.03. The Bertz CT molecular complexity index is 1110. The molecule has 1 N–H and O–H groups in total. The van der Waals surface area contributed by atoms with Crippen molar-refractivity contribution in [3.8, 4) is 23.0 Å². The standard InChI is InChI=1S/C29H32N2O4/c32-29(23-9-11-26(12-10-23)35-25-6-2-1-3-7-25)30-16-13-22-14-17-31(18-15-22)21-24-5-4-8-27-28(24)34-20-19-33-27/h1-12,22H,13-21H2,(H,30,32). The lowest BCUT2D eigenvalue weighted by atomic mass is 9.93. The van der Waals surface area contributed by atoms with E-state index in [0.29, 0.717) is 31.2 Å². The van der Waals surface area contributed by atoms with Crippen molar-refractivity contribution in [2.45, 2.75) is 25.8 Å².